The number of nitrogens with one attached hydrogen (secondary N) is 2. The average molecular weight is 376 g/mol. The molecule has 6 heteroatoms. The number of ether oxygens (including phenoxy) is 1. The van der Waals surface area contributed by atoms with Crippen LogP contribution in [0.5, 0.6) is 5.75 Å². The molecular weight excluding hydrogens is 352 g/mol. The van der Waals surface area contributed by atoms with Crippen molar-refractivity contribution in [2.45, 2.75) is 19.4 Å². The molecule has 0 radical (unpaired) electrons. The first kappa shape index (κ1) is 18.3. The first-order valence-electron chi connectivity index (χ1n) is 9.54. The smallest absolute Gasteiger partial charge is 0.273 e. The van der Waals surface area contributed by atoms with Crippen molar-refractivity contribution in [3.05, 3.63) is 65.9 Å². The van der Waals surface area contributed by atoms with Crippen molar-refractivity contribution in [1.29, 1.82) is 0 Å². The second-order valence-electron chi connectivity index (χ2n) is 7.00. The molecule has 1 aromatic heterocycles. The van der Waals surface area contributed by atoms with E-state index in [1.165, 1.54) is 18.4 Å². The van der Waals surface area contributed by atoms with Gasteiger partial charge < -0.3 is 10.1 Å². The van der Waals surface area contributed by atoms with Gasteiger partial charge in [0.25, 0.3) is 5.91 Å². The van der Waals surface area contributed by atoms with Gasteiger partial charge in [0.1, 0.15) is 11.4 Å². The lowest BCUT2D eigenvalue weighted by Crippen LogP contribution is -2.18. The predicted octanol–water partition coefficient (Wildman–Crippen LogP) is 3.93. The molecular formula is C22H24N4O2. The number of methoxy groups -OCH3 is 1. The van der Waals surface area contributed by atoms with Gasteiger partial charge >= 0.3 is 0 Å². The van der Waals surface area contributed by atoms with Gasteiger partial charge in [0.2, 0.25) is 0 Å². The molecule has 4 rings (SSSR count). The monoisotopic (exact) mass is 376 g/mol. The van der Waals surface area contributed by atoms with E-state index in [9.17, 15) is 4.79 Å². The summed E-state index contributed by atoms with van der Waals surface area (Å²) in [5, 5.41) is 10.1. The molecule has 1 saturated heterocycles. The lowest BCUT2D eigenvalue weighted by atomic mass is 10.1. The fourth-order valence-corrected chi connectivity index (χ4v) is 3.58. The third kappa shape index (κ3) is 4.07. The molecule has 144 valence electrons. The fourth-order valence-electron chi connectivity index (χ4n) is 3.58. The maximum atomic E-state index is 12.6. The van der Waals surface area contributed by atoms with Crippen molar-refractivity contribution in [1.82, 2.24) is 15.1 Å². The number of hydrogen-bond acceptors (Lipinski definition) is 4. The van der Waals surface area contributed by atoms with Gasteiger partial charge in [-0.05, 0) is 61.8 Å². The van der Waals surface area contributed by atoms with Crippen LogP contribution in [0, 0.1) is 0 Å². The van der Waals surface area contributed by atoms with E-state index in [0.717, 1.165) is 36.6 Å². The predicted molar refractivity (Wildman–Crippen MR) is 109 cm³/mol. The van der Waals surface area contributed by atoms with Gasteiger partial charge in [0.15, 0.2) is 0 Å². The quantitative estimate of drug-likeness (QED) is 0.684. The number of H-pyrrole nitrogens is 1. The Hall–Kier alpha value is -3.12. The summed E-state index contributed by atoms with van der Waals surface area (Å²) in [6.07, 6.45) is 2.54. The van der Waals surface area contributed by atoms with Crippen molar-refractivity contribution < 1.29 is 9.53 Å². The van der Waals surface area contributed by atoms with Crippen LogP contribution >= 0.6 is 0 Å². The van der Waals surface area contributed by atoms with Crippen LogP contribution in [0.4, 0.5) is 5.69 Å². The van der Waals surface area contributed by atoms with E-state index in [0.29, 0.717) is 11.4 Å². The number of para-hydroxylation sites is 1. The molecule has 3 aromatic rings. The number of aromatic amines is 1. The normalized spacial score (nSPS) is 14.2. The number of hydrogen-bond donors (Lipinski definition) is 2. The van der Waals surface area contributed by atoms with E-state index in [2.05, 4.69) is 26.5 Å². The Kier molecular flexibility index (Phi) is 5.39. The first-order valence-corrected chi connectivity index (χ1v) is 9.54. The molecule has 1 aliphatic rings. The van der Waals surface area contributed by atoms with Crippen LogP contribution in [0.15, 0.2) is 54.6 Å². The lowest BCUT2D eigenvalue weighted by Gasteiger charge is -2.15. The van der Waals surface area contributed by atoms with E-state index in [1.54, 1.807) is 13.2 Å². The Morgan fingerprint density at radius 2 is 1.96 bits per heavy atom. The minimum absolute atomic E-state index is 0.216. The second kappa shape index (κ2) is 8.27. The van der Waals surface area contributed by atoms with E-state index >= 15 is 0 Å². The van der Waals surface area contributed by atoms with E-state index < -0.39 is 0 Å². The van der Waals surface area contributed by atoms with Crippen LogP contribution in [-0.4, -0.2) is 41.2 Å². The molecule has 1 amide bonds. The standard InChI is InChI=1S/C22H24N4O2/c1-28-21-10-3-2-9-18(21)19-14-20(25-24-19)22(27)23-17-8-6-7-16(13-17)15-26-11-4-5-12-26/h2-3,6-10,13-14H,4-5,11-12,15H2,1H3,(H,23,27)(H,24,25). The van der Waals surface area contributed by atoms with Crippen molar-refractivity contribution in [2.24, 2.45) is 0 Å². The number of carbonyl (C=O) groups excluding carboxylic acids is 1. The third-order valence-electron chi connectivity index (χ3n) is 5.00. The molecule has 0 unspecified atom stereocenters. The van der Waals surface area contributed by atoms with Gasteiger partial charge in [-0.15, -0.1) is 0 Å². The molecule has 28 heavy (non-hydrogen) atoms. The van der Waals surface area contributed by atoms with Crippen LogP contribution in [0.25, 0.3) is 11.3 Å². The van der Waals surface area contributed by atoms with Gasteiger partial charge in [0, 0.05) is 17.8 Å². The molecule has 2 N–H and O–H groups in total. The SMILES string of the molecule is COc1ccccc1-c1cc(C(=O)Nc2cccc(CN3CCCC3)c2)[nH]n1. The van der Waals surface area contributed by atoms with E-state index in [1.807, 2.05) is 42.5 Å². The highest BCUT2D eigenvalue weighted by atomic mass is 16.5. The van der Waals surface area contributed by atoms with Crippen LogP contribution in [0.1, 0.15) is 28.9 Å². The summed E-state index contributed by atoms with van der Waals surface area (Å²) in [4.78, 5) is 15.1. The number of nitrogens with zero attached hydrogens (tertiary/aromatic N) is 2. The number of amides is 1. The molecule has 0 aliphatic carbocycles. The molecule has 2 aromatic carbocycles. The highest BCUT2D eigenvalue weighted by Crippen LogP contribution is 2.28. The summed E-state index contributed by atoms with van der Waals surface area (Å²) in [6, 6.07) is 17.4. The average Bonchev–Trinajstić information content (AvgIpc) is 3.40. The molecule has 2 heterocycles. The zero-order valence-electron chi connectivity index (χ0n) is 15.9. The number of benzene rings is 2. The summed E-state index contributed by atoms with van der Waals surface area (Å²) >= 11 is 0. The van der Waals surface area contributed by atoms with Gasteiger partial charge in [-0.1, -0.05) is 24.3 Å². The molecule has 0 saturated carbocycles. The topological polar surface area (TPSA) is 70.2 Å². The van der Waals surface area contributed by atoms with Crippen LogP contribution in [0.3, 0.4) is 0 Å². The minimum Gasteiger partial charge on any atom is -0.496 e. The van der Waals surface area contributed by atoms with Crippen molar-refractivity contribution in [3.8, 4) is 17.0 Å². The van der Waals surface area contributed by atoms with Gasteiger partial charge in [-0.2, -0.15) is 5.10 Å². The fraction of sp³-hybridized carbons (Fsp3) is 0.273. The highest BCUT2D eigenvalue weighted by Gasteiger charge is 2.15. The number of anilines is 1. The zero-order valence-corrected chi connectivity index (χ0v) is 15.9. The maximum absolute atomic E-state index is 12.6. The van der Waals surface area contributed by atoms with Crippen molar-refractivity contribution in [2.75, 3.05) is 25.5 Å². The Labute approximate surface area is 164 Å². The second-order valence-corrected chi connectivity index (χ2v) is 7.00. The summed E-state index contributed by atoms with van der Waals surface area (Å²) in [6.45, 7) is 3.22. The van der Waals surface area contributed by atoms with Crippen LogP contribution < -0.4 is 10.1 Å². The zero-order chi connectivity index (χ0) is 19.3. The minimum atomic E-state index is -0.216. The third-order valence-corrected chi connectivity index (χ3v) is 5.00. The molecule has 1 fully saturated rings. The summed E-state index contributed by atoms with van der Waals surface area (Å²) in [5.41, 5.74) is 3.92. The van der Waals surface area contributed by atoms with Crippen molar-refractivity contribution >= 4 is 11.6 Å². The maximum Gasteiger partial charge on any atom is 0.273 e. The largest absolute Gasteiger partial charge is 0.496 e. The summed E-state index contributed by atoms with van der Waals surface area (Å²) in [7, 11) is 1.62. The number of rotatable bonds is 6. The van der Waals surface area contributed by atoms with Gasteiger partial charge in [-0.25, -0.2) is 0 Å². The number of likely N-dealkylation sites (tertiary alicyclic amines) is 1. The Balaban J connectivity index is 1.46. The summed E-state index contributed by atoms with van der Waals surface area (Å²) < 4.78 is 5.37. The van der Waals surface area contributed by atoms with Crippen LogP contribution in [0.2, 0.25) is 0 Å². The lowest BCUT2D eigenvalue weighted by molar-refractivity contribution is 0.102. The highest BCUT2D eigenvalue weighted by molar-refractivity contribution is 6.03. The Bertz CT molecular complexity index is 960. The summed E-state index contributed by atoms with van der Waals surface area (Å²) in [5.74, 6) is 0.502. The Morgan fingerprint density at radius 3 is 2.79 bits per heavy atom. The van der Waals surface area contributed by atoms with E-state index in [-0.39, 0.29) is 5.91 Å². The molecule has 1 aliphatic heterocycles. The van der Waals surface area contributed by atoms with Crippen LogP contribution in [-0.2, 0) is 6.54 Å². The number of aromatic nitrogens is 2. The molecule has 6 nitrogen and oxygen atoms in total. The molecule has 0 atom stereocenters. The molecule has 0 bridgehead atoms. The molecule has 0 spiro atoms. The first-order chi connectivity index (χ1) is 13.7. The van der Waals surface area contributed by atoms with Crippen molar-refractivity contribution in [3.63, 3.8) is 0 Å². The number of carbonyl (C=O) groups is 1. The Morgan fingerprint density at radius 1 is 1.14 bits per heavy atom. The van der Waals surface area contributed by atoms with Gasteiger partial charge in [0.05, 0.1) is 12.8 Å². The van der Waals surface area contributed by atoms with Gasteiger partial charge in [-0.3, -0.25) is 14.8 Å². The van der Waals surface area contributed by atoms with E-state index in [4.69, 9.17) is 4.74 Å².